The molecule has 1 aromatic carbocycles. The number of fused-ring (bicyclic) bond motifs is 1. The maximum absolute atomic E-state index is 13.0. The van der Waals surface area contributed by atoms with Crippen molar-refractivity contribution in [2.24, 2.45) is 0 Å². The molecule has 0 saturated heterocycles. The molecule has 0 saturated carbocycles. The van der Waals surface area contributed by atoms with Gasteiger partial charge in [-0.3, -0.25) is 10.1 Å². The number of carbonyl (C=O) groups excluding carboxylic acids is 1. The molecule has 1 aliphatic rings. The molecule has 1 unspecified atom stereocenters. The molecule has 22 heavy (non-hydrogen) atoms. The molecule has 0 aromatic heterocycles. The maximum Gasteiger partial charge on any atom is 0.430 e. The zero-order chi connectivity index (χ0) is 16.5. The first-order chi connectivity index (χ1) is 10.2. The quantitative estimate of drug-likeness (QED) is 0.486. The fourth-order valence-corrected chi connectivity index (χ4v) is 1.93. The van der Waals surface area contributed by atoms with E-state index in [0.29, 0.717) is 0 Å². The van der Waals surface area contributed by atoms with Crippen LogP contribution in [0.5, 0.6) is 5.75 Å². The van der Waals surface area contributed by atoms with Crippen LogP contribution >= 0.6 is 0 Å². The largest absolute Gasteiger partial charge is 0.475 e. The summed E-state index contributed by atoms with van der Waals surface area (Å²) in [5.41, 5.74) is -1.06. The van der Waals surface area contributed by atoms with Crippen LogP contribution in [0.3, 0.4) is 0 Å². The van der Waals surface area contributed by atoms with E-state index in [-0.39, 0.29) is 23.6 Å². The second-order valence-electron chi connectivity index (χ2n) is 4.34. The predicted molar refractivity (Wildman–Crippen MR) is 68.2 cm³/mol. The van der Waals surface area contributed by atoms with E-state index in [2.05, 4.69) is 4.74 Å². The Bertz CT molecular complexity index is 654. The third-order valence-electron chi connectivity index (χ3n) is 2.85. The van der Waals surface area contributed by atoms with E-state index in [0.717, 1.165) is 24.3 Å². The monoisotopic (exact) mass is 317 g/mol. The Hall–Kier alpha value is -2.58. The van der Waals surface area contributed by atoms with Crippen LogP contribution in [0, 0.1) is 10.1 Å². The molecule has 1 heterocycles. The van der Waals surface area contributed by atoms with Gasteiger partial charge in [0, 0.05) is 17.7 Å². The lowest BCUT2D eigenvalue weighted by Gasteiger charge is -2.27. The molecule has 1 aromatic rings. The lowest BCUT2D eigenvalue weighted by molar-refractivity contribution is -0.384. The van der Waals surface area contributed by atoms with E-state index in [9.17, 15) is 28.1 Å². The zero-order valence-corrected chi connectivity index (χ0v) is 11.2. The number of hydrogen-bond acceptors (Lipinski definition) is 5. The van der Waals surface area contributed by atoms with Gasteiger partial charge in [0.2, 0.25) is 6.10 Å². The Morgan fingerprint density at radius 2 is 2.14 bits per heavy atom. The molecule has 1 atom stereocenters. The second-order valence-corrected chi connectivity index (χ2v) is 4.34. The van der Waals surface area contributed by atoms with Gasteiger partial charge in [-0.25, -0.2) is 4.79 Å². The number of non-ortho nitro benzene ring substituents is 1. The SMILES string of the molecule is CCOC(=O)C1=Cc2cc([N+](=O)[O-])ccc2OC1C(F)(F)F. The van der Waals surface area contributed by atoms with Gasteiger partial charge in [0.1, 0.15) is 5.75 Å². The summed E-state index contributed by atoms with van der Waals surface area (Å²) in [6.07, 6.45) is -6.39. The van der Waals surface area contributed by atoms with Crippen molar-refractivity contribution in [3.63, 3.8) is 0 Å². The summed E-state index contributed by atoms with van der Waals surface area (Å²) < 4.78 is 48.4. The van der Waals surface area contributed by atoms with Gasteiger partial charge in [-0.1, -0.05) is 0 Å². The highest BCUT2D eigenvalue weighted by atomic mass is 19.4. The third-order valence-corrected chi connectivity index (χ3v) is 2.85. The topological polar surface area (TPSA) is 78.7 Å². The number of esters is 1. The molecule has 6 nitrogen and oxygen atoms in total. The van der Waals surface area contributed by atoms with E-state index in [1.165, 1.54) is 6.92 Å². The van der Waals surface area contributed by atoms with Crippen molar-refractivity contribution in [3.05, 3.63) is 39.4 Å². The standard InChI is InChI=1S/C13H10F3NO5/c1-2-21-12(18)9-6-7-5-8(17(19)20)3-4-10(7)22-11(9)13(14,15)16/h3-6,11H,2H2,1H3. The van der Waals surface area contributed by atoms with Crippen molar-refractivity contribution in [2.75, 3.05) is 6.61 Å². The number of hydrogen-bond donors (Lipinski definition) is 0. The Kier molecular flexibility index (Phi) is 4.07. The first kappa shape index (κ1) is 15.8. The summed E-state index contributed by atoms with van der Waals surface area (Å²) in [6, 6.07) is 3.11. The highest BCUT2D eigenvalue weighted by Crippen LogP contribution is 2.38. The molecule has 0 amide bonds. The summed E-state index contributed by atoms with van der Waals surface area (Å²) in [5, 5.41) is 10.7. The minimum atomic E-state index is -4.82. The number of nitro groups is 1. The molecule has 0 fully saturated rings. The van der Waals surface area contributed by atoms with Crippen LogP contribution in [0.2, 0.25) is 0 Å². The number of alkyl halides is 3. The number of carbonyl (C=O) groups is 1. The van der Waals surface area contributed by atoms with Gasteiger partial charge >= 0.3 is 12.1 Å². The molecular formula is C13H10F3NO5. The summed E-state index contributed by atoms with van der Waals surface area (Å²) >= 11 is 0. The molecule has 0 bridgehead atoms. The average molecular weight is 317 g/mol. The Balaban J connectivity index is 2.51. The van der Waals surface area contributed by atoms with Gasteiger partial charge in [0.25, 0.3) is 5.69 Å². The molecule has 0 spiro atoms. The smallest absolute Gasteiger partial charge is 0.430 e. The summed E-state index contributed by atoms with van der Waals surface area (Å²) in [7, 11) is 0. The van der Waals surface area contributed by atoms with E-state index < -0.39 is 28.7 Å². The van der Waals surface area contributed by atoms with Crippen molar-refractivity contribution in [1.82, 2.24) is 0 Å². The van der Waals surface area contributed by atoms with Gasteiger partial charge in [-0.2, -0.15) is 13.2 Å². The van der Waals surface area contributed by atoms with Crippen molar-refractivity contribution >= 4 is 17.7 Å². The molecule has 9 heteroatoms. The number of ether oxygens (including phenoxy) is 2. The normalized spacial score (nSPS) is 17.1. The second kappa shape index (κ2) is 5.66. The number of halogens is 3. The minimum Gasteiger partial charge on any atom is -0.475 e. The van der Waals surface area contributed by atoms with Crippen LogP contribution in [0.4, 0.5) is 18.9 Å². The van der Waals surface area contributed by atoms with Crippen molar-refractivity contribution in [1.29, 1.82) is 0 Å². The Morgan fingerprint density at radius 1 is 1.45 bits per heavy atom. The predicted octanol–water partition coefficient (Wildman–Crippen LogP) is 2.86. The first-order valence-electron chi connectivity index (χ1n) is 6.14. The fraction of sp³-hybridized carbons (Fsp3) is 0.308. The molecule has 0 aliphatic carbocycles. The Morgan fingerprint density at radius 3 is 2.68 bits per heavy atom. The maximum atomic E-state index is 13.0. The molecular weight excluding hydrogens is 307 g/mol. The molecule has 118 valence electrons. The van der Waals surface area contributed by atoms with Crippen LogP contribution in [0.1, 0.15) is 12.5 Å². The fourth-order valence-electron chi connectivity index (χ4n) is 1.93. The van der Waals surface area contributed by atoms with Crippen molar-refractivity contribution in [2.45, 2.75) is 19.2 Å². The number of nitro benzene ring substituents is 1. The van der Waals surface area contributed by atoms with Crippen LogP contribution in [-0.2, 0) is 9.53 Å². The van der Waals surface area contributed by atoms with E-state index in [1.807, 2.05) is 0 Å². The van der Waals surface area contributed by atoms with Crippen molar-refractivity contribution in [3.8, 4) is 5.75 Å². The summed E-state index contributed by atoms with van der Waals surface area (Å²) in [4.78, 5) is 21.7. The number of benzene rings is 1. The molecule has 1 aliphatic heterocycles. The molecule has 2 rings (SSSR count). The lowest BCUT2D eigenvalue weighted by atomic mass is 10.0. The van der Waals surface area contributed by atoms with Gasteiger partial charge in [0.05, 0.1) is 17.1 Å². The van der Waals surface area contributed by atoms with Crippen LogP contribution in [-0.4, -0.2) is 29.8 Å². The van der Waals surface area contributed by atoms with E-state index >= 15 is 0 Å². The first-order valence-corrected chi connectivity index (χ1v) is 6.14. The van der Waals surface area contributed by atoms with Gasteiger partial charge in [-0.15, -0.1) is 0 Å². The lowest BCUT2D eigenvalue weighted by Crippen LogP contribution is -2.40. The van der Waals surface area contributed by atoms with Gasteiger partial charge in [-0.05, 0) is 19.1 Å². The number of rotatable bonds is 3. The Labute approximate surface area is 122 Å². The van der Waals surface area contributed by atoms with Crippen LogP contribution < -0.4 is 4.74 Å². The minimum absolute atomic E-state index is 0.0118. The molecule has 0 N–H and O–H groups in total. The van der Waals surface area contributed by atoms with Gasteiger partial charge < -0.3 is 9.47 Å². The summed E-state index contributed by atoms with van der Waals surface area (Å²) in [6.45, 7) is 1.34. The zero-order valence-electron chi connectivity index (χ0n) is 11.2. The highest BCUT2D eigenvalue weighted by molar-refractivity contribution is 5.96. The van der Waals surface area contributed by atoms with E-state index in [1.54, 1.807) is 0 Å². The summed E-state index contributed by atoms with van der Waals surface area (Å²) in [5.74, 6) is -1.37. The third kappa shape index (κ3) is 3.02. The van der Waals surface area contributed by atoms with E-state index in [4.69, 9.17) is 4.74 Å². The van der Waals surface area contributed by atoms with Gasteiger partial charge in [0.15, 0.2) is 0 Å². The van der Waals surface area contributed by atoms with Crippen LogP contribution in [0.25, 0.3) is 6.08 Å². The van der Waals surface area contributed by atoms with Crippen molar-refractivity contribution < 1.29 is 32.4 Å². The van der Waals surface area contributed by atoms with Crippen LogP contribution in [0.15, 0.2) is 23.8 Å². The average Bonchev–Trinajstić information content (AvgIpc) is 2.44. The molecule has 0 radical (unpaired) electrons. The number of nitrogens with zero attached hydrogens (tertiary/aromatic N) is 1. The highest BCUT2D eigenvalue weighted by Gasteiger charge is 2.48.